The van der Waals surface area contributed by atoms with Crippen LogP contribution >= 0.6 is 23.6 Å². The predicted molar refractivity (Wildman–Crippen MR) is 75.0 cm³/mol. The van der Waals surface area contributed by atoms with E-state index in [-0.39, 0.29) is 0 Å². The van der Waals surface area contributed by atoms with Crippen LogP contribution in [0.15, 0.2) is 29.5 Å². The Morgan fingerprint density at radius 3 is 3.00 bits per heavy atom. The summed E-state index contributed by atoms with van der Waals surface area (Å²) in [6.07, 6.45) is 3.39. The molecule has 0 spiro atoms. The lowest BCUT2D eigenvalue weighted by Crippen LogP contribution is -1.94. The molecule has 2 aromatic rings. The second-order valence-electron chi connectivity index (χ2n) is 3.32. The molecule has 5 nitrogen and oxygen atoms in total. The highest BCUT2D eigenvalue weighted by Gasteiger charge is 2.02. The van der Waals surface area contributed by atoms with Gasteiger partial charge >= 0.3 is 0 Å². The number of anilines is 2. The summed E-state index contributed by atoms with van der Waals surface area (Å²) in [7, 11) is 1.65. The Hall–Kier alpha value is -1.66. The summed E-state index contributed by atoms with van der Waals surface area (Å²) in [5.41, 5.74) is 1.02. The number of rotatable bonds is 5. The predicted octanol–water partition coefficient (Wildman–Crippen LogP) is 3.16. The van der Waals surface area contributed by atoms with E-state index in [1.54, 1.807) is 19.5 Å². The summed E-state index contributed by atoms with van der Waals surface area (Å²) in [4.78, 5) is 12.3. The van der Waals surface area contributed by atoms with Crippen molar-refractivity contribution in [1.29, 1.82) is 0 Å². The Labute approximate surface area is 114 Å². The van der Waals surface area contributed by atoms with Crippen molar-refractivity contribution in [3.8, 4) is 0 Å². The number of thiocarbonyl (C=S) groups is 1. The number of hydrogen-bond donors (Lipinski definition) is 1. The largest absolute Gasteiger partial charge is 0.380 e. The van der Waals surface area contributed by atoms with Crippen LogP contribution in [0, 0.1) is 0 Å². The maximum Gasteiger partial charge on any atom is 0.190 e. The van der Waals surface area contributed by atoms with Crippen molar-refractivity contribution in [2.45, 2.75) is 6.61 Å². The van der Waals surface area contributed by atoms with Gasteiger partial charge in [0.25, 0.3) is 0 Å². The minimum absolute atomic E-state index is 0.554. The minimum atomic E-state index is 0.554. The van der Waals surface area contributed by atoms with Crippen molar-refractivity contribution in [2.75, 3.05) is 12.4 Å². The maximum atomic E-state index is 5.02. The van der Waals surface area contributed by atoms with Crippen LogP contribution in [0.1, 0.15) is 5.56 Å². The highest BCUT2D eigenvalue weighted by molar-refractivity contribution is 7.78. The second-order valence-corrected chi connectivity index (χ2v) is 4.51. The SMILES string of the molecule is COCc1ccc(Nc2ncc(N=C=S)s2)nc1. The Bertz CT molecular complexity index is 561. The second kappa shape index (κ2) is 6.32. The third kappa shape index (κ3) is 3.41. The van der Waals surface area contributed by atoms with E-state index < -0.39 is 0 Å². The van der Waals surface area contributed by atoms with Crippen LogP contribution in [0.2, 0.25) is 0 Å². The molecule has 0 aromatic carbocycles. The van der Waals surface area contributed by atoms with Gasteiger partial charge in [0.2, 0.25) is 0 Å². The molecule has 0 aliphatic carbocycles. The first-order valence-electron chi connectivity index (χ1n) is 5.06. The molecule has 0 atom stereocenters. The Morgan fingerprint density at radius 1 is 1.44 bits per heavy atom. The maximum absolute atomic E-state index is 5.02. The van der Waals surface area contributed by atoms with Gasteiger partial charge in [-0.2, -0.15) is 4.99 Å². The Morgan fingerprint density at radius 2 is 2.33 bits per heavy atom. The molecule has 0 fully saturated rings. The number of hydrogen-bond acceptors (Lipinski definition) is 7. The van der Waals surface area contributed by atoms with E-state index in [1.165, 1.54) is 11.3 Å². The van der Waals surface area contributed by atoms with Crippen LogP contribution in [0.3, 0.4) is 0 Å². The van der Waals surface area contributed by atoms with Gasteiger partial charge in [0, 0.05) is 13.3 Å². The topological polar surface area (TPSA) is 59.4 Å². The van der Waals surface area contributed by atoms with Gasteiger partial charge in [-0.1, -0.05) is 17.4 Å². The molecule has 2 heterocycles. The zero-order valence-corrected chi connectivity index (χ0v) is 11.2. The molecule has 0 saturated heterocycles. The van der Waals surface area contributed by atoms with Crippen molar-refractivity contribution in [2.24, 2.45) is 4.99 Å². The smallest absolute Gasteiger partial charge is 0.190 e. The molecular formula is C11H10N4OS2. The van der Waals surface area contributed by atoms with E-state index in [4.69, 9.17) is 4.74 Å². The lowest BCUT2D eigenvalue weighted by atomic mass is 10.3. The first-order chi connectivity index (χ1) is 8.81. The molecule has 0 aliphatic rings. The third-order valence-electron chi connectivity index (χ3n) is 2.02. The van der Waals surface area contributed by atoms with Gasteiger partial charge in [0.15, 0.2) is 5.13 Å². The lowest BCUT2D eigenvalue weighted by molar-refractivity contribution is 0.184. The highest BCUT2D eigenvalue weighted by Crippen LogP contribution is 2.27. The number of methoxy groups -OCH3 is 1. The summed E-state index contributed by atoms with van der Waals surface area (Å²) in [6, 6.07) is 3.82. The van der Waals surface area contributed by atoms with E-state index in [1.807, 2.05) is 12.1 Å². The lowest BCUT2D eigenvalue weighted by Gasteiger charge is -2.02. The van der Waals surface area contributed by atoms with Crippen LogP contribution in [-0.2, 0) is 11.3 Å². The normalized spacial score (nSPS) is 9.83. The fraction of sp³-hybridized carbons (Fsp3) is 0.182. The Balaban J connectivity index is 2.05. The molecule has 92 valence electrons. The number of aliphatic imine (C=N–C) groups is 1. The van der Waals surface area contributed by atoms with Crippen molar-refractivity contribution in [1.82, 2.24) is 9.97 Å². The molecule has 0 saturated carbocycles. The average Bonchev–Trinajstić information content (AvgIpc) is 2.80. The van der Waals surface area contributed by atoms with Crippen LogP contribution in [-0.4, -0.2) is 22.2 Å². The first kappa shape index (κ1) is 12.8. The summed E-state index contributed by atoms with van der Waals surface area (Å²) < 4.78 is 5.02. The van der Waals surface area contributed by atoms with E-state index in [9.17, 15) is 0 Å². The summed E-state index contributed by atoms with van der Waals surface area (Å²) in [6.45, 7) is 0.554. The number of nitrogens with one attached hydrogen (secondary N) is 1. The first-order valence-corrected chi connectivity index (χ1v) is 6.29. The molecule has 0 radical (unpaired) electrons. The molecule has 2 rings (SSSR count). The number of pyridine rings is 1. The number of nitrogens with zero attached hydrogens (tertiary/aromatic N) is 3. The van der Waals surface area contributed by atoms with Gasteiger partial charge in [0.1, 0.15) is 10.8 Å². The van der Waals surface area contributed by atoms with Gasteiger partial charge in [0.05, 0.1) is 18.0 Å². The van der Waals surface area contributed by atoms with Gasteiger partial charge in [-0.25, -0.2) is 9.97 Å². The third-order valence-corrected chi connectivity index (χ3v) is 2.92. The van der Waals surface area contributed by atoms with Gasteiger partial charge in [-0.3, -0.25) is 0 Å². The molecule has 0 unspecified atom stereocenters. The summed E-state index contributed by atoms with van der Waals surface area (Å²) >= 11 is 5.91. The van der Waals surface area contributed by atoms with E-state index in [2.05, 4.69) is 37.7 Å². The van der Waals surface area contributed by atoms with Crippen molar-refractivity contribution in [3.05, 3.63) is 30.1 Å². The molecule has 18 heavy (non-hydrogen) atoms. The van der Waals surface area contributed by atoms with E-state index in [0.29, 0.717) is 16.7 Å². The molecule has 0 bridgehead atoms. The summed E-state index contributed by atoms with van der Waals surface area (Å²) in [5, 5.41) is 6.82. The molecule has 1 N–H and O–H groups in total. The number of ether oxygens (including phenoxy) is 1. The van der Waals surface area contributed by atoms with Crippen molar-refractivity contribution < 1.29 is 4.74 Å². The van der Waals surface area contributed by atoms with Crippen LogP contribution in [0.25, 0.3) is 0 Å². The van der Waals surface area contributed by atoms with Crippen LogP contribution in [0.5, 0.6) is 0 Å². The highest BCUT2D eigenvalue weighted by atomic mass is 32.1. The zero-order chi connectivity index (χ0) is 12.8. The van der Waals surface area contributed by atoms with Crippen molar-refractivity contribution in [3.63, 3.8) is 0 Å². The van der Waals surface area contributed by atoms with Gasteiger partial charge in [-0.15, -0.1) is 0 Å². The summed E-state index contributed by atoms with van der Waals surface area (Å²) in [5.74, 6) is 0.724. The fourth-order valence-corrected chi connectivity index (χ4v) is 2.09. The molecule has 0 amide bonds. The van der Waals surface area contributed by atoms with Crippen molar-refractivity contribution >= 4 is 44.7 Å². The van der Waals surface area contributed by atoms with Crippen LogP contribution in [0.4, 0.5) is 16.0 Å². The molecular weight excluding hydrogens is 268 g/mol. The Kier molecular flexibility index (Phi) is 4.49. The van der Waals surface area contributed by atoms with E-state index >= 15 is 0 Å². The van der Waals surface area contributed by atoms with Gasteiger partial charge < -0.3 is 10.1 Å². The van der Waals surface area contributed by atoms with E-state index in [0.717, 1.165) is 11.4 Å². The number of aromatic nitrogens is 2. The zero-order valence-electron chi connectivity index (χ0n) is 9.58. The monoisotopic (exact) mass is 278 g/mol. The average molecular weight is 278 g/mol. The number of isothiocyanates is 1. The van der Waals surface area contributed by atoms with Crippen LogP contribution < -0.4 is 5.32 Å². The molecule has 2 aromatic heterocycles. The quantitative estimate of drug-likeness (QED) is 0.672. The minimum Gasteiger partial charge on any atom is -0.380 e. The number of thiazole rings is 1. The molecule has 7 heteroatoms. The van der Waals surface area contributed by atoms with Gasteiger partial charge in [-0.05, 0) is 23.8 Å². The fourth-order valence-electron chi connectivity index (χ4n) is 1.28. The molecule has 0 aliphatic heterocycles. The standard InChI is InChI=1S/C11H10N4OS2/c1-16-6-8-2-3-9(12-4-8)15-11-13-5-10(18-11)14-7-17/h2-5H,6H2,1H3,(H,12,13,15).